The van der Waals surface area contributed by atoms with Crippen LogP contribution in [0.1, 0.15) is 17.5 Å². The third-order valence-corrected chi connectivity index (χ3v) is 3.03. The van der Waals surface area contributed by atoms with Crippen molar-refractivity contribution in [3.8, 4) is 5.75 Å². The van der Waals surface area contributed by atoms with Gasteiger partial charge in [0.1, 0.15) is 5.75 Å². The van der Waals surface area contributed by atoms with E-state index in [1.165, 1.54) is 11.1 Å². The van der Waals surface area contributed by atoms with Gasteiger partial charge in [-0.15, -0.1) is 0 Å². The minimum atomic E-state index is 0.725. The van der Waals surface area contributed by atoms with Crippen molar-refractivity contribution in [3.05, 3.63) is 27.7 Å². The quantitative estimate of drug-likeness (QED) is 0.901. The van der Waals surface area contributed by atoms with Gasteiger partial charge in [-0.3, -0.25) is 0 Å². The minimum Gasteiger partial charge on any atom is -0.496 e. The molecular weight excluding hydrogens is 242 g/mol. The molecule has 0 aliphatic carbocycles. The number of hydrogen-bond acceptors (Lipinski definition) is 2. The standard InChI is InChI=1S/C11H16BrNO/c1-8-6-9(4-3-5-13)11(12)10(7-8)14-2/h6-7H,3-5,13H2,1-2H3. The number of ether oxygens (including phenoxy) is 1. The zero-order valence-corrected chi connectivity index (χ0v) is 10.2. The second-order valence-electron chi connectivity index (χ2n) is 3.33. The van der Waals surface area contributed by atoms with Crippen molar-refractivity contribution < 1.29 is 4.74 Å². The van der Waals surface area contributed by atoms with E-state index in [4.69, 9.17) is 10.5 Å². The highest BCUT2D eigenvalue weighted by Crippen LogP contribution is 2.30. The van der Waals surface area contributed by atoms with Crippen LogP contribution in [0.3, 0.4) is 0 Å². The molecule has 2 N–H and O–H groups in total. The van der Waals surface area contributed by atoms with Crippen LogP contribution in [0.15, 0.2) is 16.6 Å². The van der Waals surface area contributed by atoms with Crippen LogP contribution in [0.4, 0.5) is 0 Å². The fourth-order valence-corrected chi connectivity index (χ4v) is 2.02. The maximum Gasteiger partial charge on any atom is 0.133 e. The molecule has 0 aliphatic heterocycles. The SMILES string of the molecule is COc1cc(C)cc(CCCN)c1Br. The lowest BCUT2D eigenvalue weighted by atomic mass is 10.1. The summed E-state index contributed by atoms with van der Waals surface area (Å²) >= 11 is 3.54. The average Bonchev–Trinajstić information content (AvgIpc) is 2.18. The molecule has 0 atom stereocenters. The first-order valence-electron chi connectivity index (χ1n) is 4.72. The Kier molecular flexibility index (Phi) is 4.42. The number of rotatable bonds is 4. The van der Waals surface area contributed by atoms with Gasteiger partial charge < -0.3 is 10.5 Å². The Morgan fingerprint density at radius 3 is 2.71 bits per heavy atom. The fourth-order valence-electron chi connectivity index (χ4n) is 1.43. The molecule has 78 valence electrons. The van der Waals surface area contributed by atoms with Gasteiger partial charge in [-0.1, -0.05) is 6.07 Å². The highest BCUT2D eigenvalue weighted by Gasteiger charge is 2.06. The van der Waals surface area contributed by atoms with E-state index in [2.05, 4.69) is 28.9 Å². The molecule has 2 nitrogen and oxygen atoms in total. The Bertz CT molecular complexity index is 312. The third kappa shape index (κ3) is 2.72. The van der Waals surface area contributed by atoms with E-state index in [1.807, 2.05) is 6.07 Å². The molecule has 0 bridgehead atoms. The molecule has 0 aromatic heterocycles. The number of halogens is 1. The Morgan fingerprint density at radius 1 is 1.43 bits per heavy atom. The summed E-state index contributed by atoms with van der Waals surface area (Å²) in [5, 5.41) is 0. The number of aryl methyl sites for hydroxylation is 2. The summed E-state index contributed by atoms with van der Waals surface area (Å²) in [5.74, 6) is 0.900. The van der Waals surface area contributed by atoms with Crippen LogP contribution in [0.25, 0.3) is 0 Å². The van der Waals surface area contributed by atoms with Crippen molar-refractivity contribution in [2.75, 3.05) is 13.7 Å². The van der Waals surface area contributed by atoms with Gasteiger partial charge in [0.2, 0.25) is 0 Å². The van der Waals surface area contributed by atoms with Gasteiger partial charge in [0, 0.05) is 0 Å². The van der Waals surface area contributed by atoms with Gasteiger partial charge in [0.15, 0.2) is 0 Å². The van der Waals surface area contributed by atoms with Crippen molar-refractivity contribution in [2.45, 2.75) is 19.8 Å². The summed E-state index contributed by atoms with van der Waals surface area (Å²) in [6.07, 6.45) is 2.00. The summed E-state index contributed by atoms with van der Waals surface area (Å²) in [4.78, 5) is 0. The van der Waals surface area contributed by atoms with E-state index in [-0.39, 0.29) is 0 Å². The molecule has 0 aliphatic rings. The second kappa shape index (κ2) is 5.37. The molecule has 1 aromatic rings. The zero-order valence-electron chi connectivity index (χ0n) is 8.64. The summed E-state index contributed by atoms with van der Waals surface area (Å²) in [5.41, 5.74) is 7.98. The van der Waals surface area contributed by atoms with Crippen molar-refractivity contribution in [3.63, 3.8) is 0 Å². The smallest absolute Gasteiger partial charge is 0.133 e. The predicted octanol–water partition coefficient (Wildman–Crippen LogP) is 2.66. The normalized spacial score (nSPS) is 10.3. The molecule has 0 amide bonds. The van der Waals surface area contributed by atoms with Crippen LogP contribution in [-0.4, -0.2) is 13.7 Å². The molecule has 0 heterocycles. The summed E-state index contributed by atoms with van der Waals surface area (Å²) in [7, 11) is 1.69. The van der Waals surface area contributed by atoms with E-state index in [0.717, 1.165) is 29.6 Å². The molecule has 1 aromatic carbocycles. The summed E-state index contributed by atoms with van der Waals surface area (Å²) in [6.45, 7) is 2.80. The first kappa shape index (κ1) is 11.5. The largest absolute Gasteiger partial charge is 0.496 e. The van der Waals surface area contributed by atoms with Gasteiger partial charge in [-0.25, -0.2) is 0 Å². The number of methoxy groups -OCH3 is 1. The van der Waals surface area contributed by atoms with Crippen LogP contribution in [0.5, 0.6) is 5.75 Å². The zero-order chi connectivity index (χ0) is 10.6. The lowest BCUT2D eigenvalue weighted by Gasteiger charge is -2.10. The molecule has 0 spiro atoms. The van der Waals surface area contributed by atoms with Crippen LogP contribution in [0, 0.1) is 6.92 Å². The number of nitrogens with two attached hydrogens (primary N) is 1. The Labute approximate surface area is 93.6 Å². The van der Waals surface area contributed by atoms with Crippen LogP contribution in [-0.2, 0) is 6.42 Å². The van der Waals surface area contributed by atoms with Gasteiger partial charge in [-0.2, -0.15) is 0 Å². The summed E-state index contributed by atoms with van der Waals surface area (Å²) in [6, 6.07) is 4.19. The first-order valence-corrected chi connectivity index (χ1v) is 5.51. The van der Waals surface area contributed by atoms with Crippen molar-refractivity contribution in [1.82, 2.24) is 0 Å². The monoisotopic (exact) mass is 257 g/mol. The molecule has 0 unspecified atom stereocenters. The maximum atomic E-state index is 5.49. The van der Waals surface area contributed by atoms with Crippen LogP contribution < -0.4 is 10.5 Å². The van der Waals surface area contributed by atoms with E-state index >= 15 is 0 Å². The van der Waals surface area contributed by atoms with E-state index in [1.54, 1.807) is 7.11 Å². The molecule has 0 saturated carbocycles. The Balaban J connectivity index is 2.96. The molecule has 0 radical (unpaired) electrons. The molecule has 14 heavy (non-hydrogen) atoms. The van der Waals surface area contributed by atoms with Crippen LogP contribution in [0.2, 0.25) is 0 Å². The van der Waals surface area contributed by atoms with Gasteiger partial charge in [0.25, 0.3) is 0 Å². The molecule has 0 fully saturated rings. The molecule has 3 heteroatoms. The van der Waals surface area contributed by atoms with E-state index < -0.39 is 0 Å². The lowest BCUT2D eigenvalue weighted by Crippen LogP contribution is -2.01. The minimum absolute atomic E-state index is 0.725. The Hall–Kier alpha value is -0.540. The average molecular weight is 258 g/mol. The lowest BCUT2D eigenvalue weighted by molar-refractivity contribution is 0.411. The van der Waals surface area contributed by atoms with Gasteiger partial charge >= 0.3 is 0 Å². The summed E-state index contributed by atoms with van der Waals surface area (Å²) < 4.78 is 6.32. The van der Waals surface area contributed by atoms with Crippen LogP contribution >= 0.6 is 15.9 Å². The van der Waals surface area contributed by atoms with Crippen molar-refractivity contribution in [1.29, 1.82) is 0 Å². The number of hydrogen-bond donors (Lipinski definition) is 1. The fraction of sp³-hybridized carbons (Fsp3) is 0.455. The first-order chi connectivity index (χ1) is 6.69. The van der Waals surface area contributed by atoms with Crippen molar-refractivity contribution in [2.24, 2.45) is 5.73 Å². The third-order valence-electron chi connectivity index (χ3n) is 2.13. The highest BCUT2D eigenvalue weighted by atomic mass is 79.9. The predicted molar refractivity (Wildman–Crippen MR) is 62.8 cm³/mol. The number of benzene rings is 1. The van der Waals surface area contributed by atoms with E-state index in [0.29, 0.717) is 0 Å². The maximum absolute atomic E-state index is 5.49. The van der Waals surface area contributed by atoms with Crippen molar-refractivity contribution >= 4 is 15.9 Å². The molecule has 0 saturated heterocycles. The topological polar surface area (TPSA) is 35.2 Å². The van der Waals surface area contributed by atoms with Gasteiger partial charge in [-0.05, 0) is 59.4 Å². The second-order valence-corrected chi connectivity index (χ2v) is 4.13. The molecular formula is C11H16BrNO. The molecule has 1 rings (SSSR count). The Morgan fingerprint density at radius 2 is 2.14 bits per heavy atom. The van der Waals surface area contributed by atoms with E-state index in [9.17, 15) is 0 Å². The highest BCUT2D eigenvalue weighted by molar-refractivity contribution is 9.10. The van der Waals surface area contributed by atoms with Gasteiger partial charge in [0.05, 0.1) is 11.6 Å².